The Balaban J connectivity index is 1.62. The van der Waals surface area contributed by atoms with Gasteiger partial charge in [0, 0.05) is 29.2 Å². The van der Waals surface area contributed by atoms with Crippen molar-refractivity contribution < 1.29 is 18.7 Å². The highest BCUT2D eigenvalue weighted by Crippen LogP contribution is 2.25. The van der Waals surface area contributed by atoms with Crippen LogP contribution in [0.4, 0.5) is 4.39 Å². The van der Waals surface area contributed by atoms with Crippen molar-refractivity contribution in [2.45, 2.75) is 6.42 Å². The van der Waals surface area contributed by atoms with Crippen molar-refractivity contribution in [3.05, 3.63) is 51.8 Å². The molecule has 1 aliphatic heterocycles. The summed E-state index contributed by atoms with van der Waals surface area (Å²) in [6.45, 7) is 2.20. The van der Waals surface area contributed by atoms with E-state index in [2.05, 4.69) is 9.97 Å². The lowest BCUT2D eigenvalue weighted by Crippen LogP contribution is -2.44. The smallest absolute Gasteiger partial charge is 0.250 e. The van der Waals surface area contributed by atoms with Crippen LogP contribution < -0.4 is 16.3 Å². The minimum Gasteiger partial charge on any atom is -0.378 e. The van der Waals surface area contributed by atoms with E-state index in [0.717, 1.165) is 5.22 Å². The predicted octanol–water partition coefficient (Wildman–Crippen LogP) is 0.779. The molecule has 8 nitrogen and oxygen atoms in total. The lowest BCUT2D eigenvalue weighted by molar-refractivity contribution is -0.137. The number of nitrogens with one attached hydrogen (secondary N) is 1. The number of primary amides is 1. The Morgan fingerprint density at radius 2 is 2.06 bits per heavy atom. The normalized spacial score (nSPS) is 17.6. The minimum atomic E-state index is -0.669. The summed E-state index contributed by atoms with van der Waals surface area (Å²) in [6, 6.07) is 7.45. The average Bonchev–Trinajstić information content (AvgIpc) is 3.21. The Hall–Kier alpha value is -4.03. The van der Waals surface area contributed by atoms with Gasteiger partial charge in [-0.15, -0.1) is 0 Å². The lowest BCUT2D eigenvalue weighted by Gasteiger charge is -2.29. The highest BCUT2D eigenvalue weighted by Gasteiger charge is 2.26. The third kappa shape index (κ3) is 3.64. The Bertz CT molecular complexity index is 1460. The number of hydrogen-bond acceptors (Lipinski definition) is 5. The molecule has 2 amide bonds. The number of fused-ring (bicyclic) bond motifs is 3. The van der Waals surface area contributed by atoms with E-state index in [1.54, 1.807) is 17.0 Å². The number of amides is 2. The van der Waals surface area contributed by atoms with Crippen LogP contribution in [0, 0.1) is 23.1 Å². The van der Waals surface area contributed by atoms with E-state index in [0.29, 0.717) is 60.4 Å². The number of morpholine rings is 1. The molecule has 5 rings (SSSR count). The molecular formula is C24H20FN5O3. The number of halogens is 1. The Morgan fingerprint density at radius 3 is 2.76 bits per heavy atom. The van der Waals surface area contributed by atoms with E-state index in [1.807, 2.05) is 12.2 Å². The second kappa shape index (κ2) is 8.15. The summed E-state index contributed by atoms with van der Waals surface area (Å²) < 4.78 is 19.5. The largest absolute Gasteiger partial charge is 0.378 e. The van der Waals surface area contributed by atoms with E-state index in [1.165, 1.54) is 18.2 Å². The molecule has 1 unspecified atom stereocenters. The van der Waals surface area contributed by atoms with Gasteiger partial charge < -0.3 is 20.4 Å². The zero-order chi connectivity index (χ0) is 23.1. The molecule has 3 aromatic rings. The molecule has 1 aliphatic carbocycles. The van der Waals surface area contributed by atoms with Crippen LogP contribution in [0.25, 0.3) is 34.4 Å². The highest BCUT2D eigenvalue weighted by molar-refractivity contribution is 6.05. The van der Waals surface area contributed by atoms with Crippen LogP contribution in [0.1, 0.15) is 22.3 Å². The lowest BCUT2D eigenvalue weighted by atomic mass is 9.98. The molecule has 0 saturated carbocycles. The van der Waals surface area contributed by atoms with E-state index in [9.17, 15) is 14.0 Å². The van der Waals surface area contributed by atoms with Gasteiger partial charge in [-0.2, -0.15) is 5.26 Å². The SMILES string of the molecule is N#Cc1ccc(-c2cc(C(N)=O)c3[nH]c4c(c3n2)=CCC(C(=O)N2CCOCC2)C=4)cc1F. The molecule has 9 heteroatoms. The molecule has 1 aromatic carbocycles. The van der Waals surface area contributed by atoms with Gasteiger partial charge in [0.25, 0.3) is 5.91 Å². The van der Waals surface area contributed by atoms with Crippen molar-refractivity contribution in [2.24, 2.45) is 11.7 Å². The van der Waals surface area contributed by atoms with Gasteiger partial charge in [0.05, 0.1) is 47.0 Å². The number of aromatic amines is 1. The molecule has 166 valence electrons. The van der Waals surface area contributed by atoms with Crippen LogP contribution in [-0.2, 0) is 9.53 Å². The van der Waals surface area contributed by atoms with Gasteiger partial charge in [0.1, 0.15) is 11.9 Å². The molecule has 3 N–H and O–H groups in total. The molecule has 2 aliphatic rings. The van der Waals surface area contributed by atoms with Crippen LogP contribution in [-0.4, -0.2) is 53.0 Å². The fourth-order valence-electron chi connectivity index (χ4n) is 4.35. The van der Waals surface area contributed by atoms with Gasteiger partial charge >= 0.3 is 0 Å². The average molecular weight is 445 g/mol. The molecule has 2 aromatic heterocycles. The van der Waals surface area contributed by atoms with E-state index in [-0.39, 0.29) is 23.0 Å². The molecule has 0 bridgehead atoms. The quantitative estimate of drug-likeness (QED) is 0.616. The molecule has 1 atom stereocenters. The topological polar surface area (TPSA) is 125 Å². The number of rotatable bonds is 3. The molecule has 0 spiro atoms. The first-order valence-corrected chi connectivity index (χ1v) is 10.6. The standard InChI is InChI=1S/C24H20FN5O3/c25-18-9-13(1-2-15(18)12-26)19-11-17(23(27)31)22-21(28-19)16-4-3-14(10-20(16)29-22)24(32)30-5-7-33-8-6-30/h1-2,4,9-11,14,29H,3,5-8H2,(H2,27,31). The number of benzene rings is 1. The summed E-state index contributed by atoms with van der Waals surface area (Å²) in [5.41, 5.74) is 7.55. The molecule has 3 heterocycles. The minimum absolute atomic E-state index is 0.0377. The number of hydrogen-bond donors (Lipinski definition) is 2. The molecule has 1 fully saturated rings. The van der Waals surface area contributed by atoms with Crippen LogP contribution in [0.2, 0.25) is 0 Å². The summed E-state index contributed by atoms with van der Waals surface area (Å²) in [5.74, 6) is -1.61. The maximum absolute atomic E-state index is 14.2. The van der Waals surface area contributed by atoms with E-state index < -0.39 is 11.7 Å². The highest BCUT2D eigenvalue weighted by atomic mass is 19.1. The number of nitriles is 1. The van der Waals surface area contributed by atoms with Gasteiger partial charge in [-0.3, -0.25) is 9.59 Å². The van der Waals surface area contributed by atoms with E-state index >= 15 is 0 Å². The summed E-state index contributed by atoms with van der Waals surface area (Å²) >= 11 is 0. The summed E-state index contributed by atoms with van der Waals surface area (Å²) in [5, 5.41) is 10.4. The molecule has 1 saturated heterocycles. The number of ether oxygens (including phenoxy) is 1. The zero-order valence-corrected chi connectivity index (χ0v) is 17.6. The monoisotopic (exact) mass is 445 g/mol. The fourth-order valence-corrected chi connectivity index (χ4v) is 4.35. The number of carbonyl (C=O) groups is 2. The van der Waals surface area contributed by atoms with Crippen molar-refractivity contribution in [1.82, 2.24) is 14.9 Å². The van der Waals surface area contributed by atoms with Crippen molar-refractivity contribution in [1.29, 1.82) is 5.26 Å². The number of carbonyl (C=O) groups excluding carboxylic acids is 2. The Morgan fingerprint density at radius 1 is 1.27 bits per heavy atom. The third-order valence-electron chi connectivity index (χ3n) is 6.06. The first-order chi connectivity index (χ1) is 16.0. The van der Waals surface area contributed by atoms with Gasteiger partial charge in [0.2, 0.25) is 5.91 Å². The summed E-state index contributed by atoms with van der Waals surface area (Å²) in [7, 11) is 0. The number of pyridine rings is 1. The zero-order valence-electron chi connectivity index (χ0n) is 17.6. The van der Waals surface area contributed by atoms with Crippen LogP contribution in [0.3, 0.4) is 0 Å². The molecule has 33 heavy (non-hydrogen) atoms. The van der Waals surface area contributed by atoms with Gasteiger partial charge in [-0.05, 0) is 30.7 Å². The number of nitrogens with two attached hydrogens (primary N) is 1. The number of aromatic nitrogens is 2. The van der Waals surface area contributed by atoms with Crippen molar-refractivity contribution in [3.63, 3.8) is 0 Å². The van der Waals surface area contributed by atoms with Crippen LogP contribution in [0.15, 0.2) is 24.3 Å². The van der Waals surface area contributed by atoms with Crippen LogP contribution >= 0.6 is 0 Å². The van der Waals surface area contributed by atoms with E-state index in [4.69, 9.17) is 15.7 Å². The Kier molecular flexibility index (Phi) is 5.15. The second-order valence-corrected chi connectivity index (χ2v) is 8.05. The van der Waals surface area contributed by atoms with Crippen LogP contribution in [0.5, 0.6) is 0 Å². The summed E-state index contributed by atoms with van der Waals surface area (Å²) in [6.07, 6.45) is 4.29. The molecule has 0 radical (unpaired) electrons. The van der Waals surface area contributed by atoms with Gasteiger partial charge in [-0.1, -0.05) is 12.1 Å². The van der Waals surface area contributed by atoms with Gasteiger partial charge in [0.15, 0.2) is 0 Å². The molecular weight excluding hydrogens is 425 g/mol. The Labute approximate surface area is 187 Å². The van der Waals surface area contributed by atoms with Gasteiger partial charge in [-0.25, -0.2) is 9.37 Å². The first kappa shape index (κ1) is 20.8. The first-order valence-electron chi connectivity index (χ1n) is 10.6. The van der Waals surface area contributed by atoms with Crippen molar-refractivity contribution in [2.75, 3.05) is 26.3 Å². The second-order valence-electron chi connectivity index (χ2n) is 8.05. The predicted molar refractivity (Wildman–Crippen MR) is 118 cm³/mol. The maximum Gasteiger partial charge on any atom is 0.250 e. The number of nitrogens with zero attached hydrogens (tertiary/aromatic N) is 3. The van der Waals surface area contributed by atoms with Crippen molar-refractivity contribution >= 4 is 35.0 Å². The number of H-pyrrole nitrogens is 1. The fraction of sp³-hybridized carbons (Fsp3) is 0.250. The summed E-state index contributed by atoms with van der Waals surface area (Å²) in [4.78, 5) is 34.8. The maximum atomic E-state index is 14.2. The third-order valence-corrected chi connectivity index (χ3v) is 6.06. The van der Waals surface area contributed by atoms with Crippen molar-refractivity contribution in [3.8, 4) is 17.3 Å².